The highest BCUT2D eigenvalue weighted by atomic mass is 35.5. The minimum Gasteiger partial charge on any atom is -1.00 e. The van der Waals surface area contributed by atoms with Crippen molar-refractivity contribution in [3.63, 3.8) is 0 Å². The molecule has 2 aliphatic carbocycles. The lowest BCUT2D eigenvalue weighted by Crippen LogP contribution is -3.00. The van der Waals surface area contributed by atoms with Crippen molar-refractivity contribution in [1.82, 2.24) is 0 Å². The number of hydrogen-bond acceptors (Lipinski definition) is 1. The monoisotopic (exact) mass is 578 g/mol. The largest absolute Gasteiger partial charge is 1.00 e. The van der Waals surface area contributed by atoms with Crippen LogP contribution >= 0.6 is 0 Å². The number of aliphatic hydroxyl groups is 1. The summed E-state index contributed by atoms with van der Waals surface area (Å²) in [7, 11) is 9.39. The molecule has 5 heteroatoms. The molecule has 6 atom stereocenters. The van der Waals surface area contributed by atoms with E-state index in [4.69, 9.17) is 0 Å². The molecule has 6 unspecified atom stereocenters. The third kappa shape index (κ3) is 10.4. The molecule has 0 amide bonds. The molecule has 0 heterocycles. The number of quaternary nitrogens is 2. The predicted molar refractivity (Wildman–Crippen MR) is 158 cm³/mol. The van der Waals surface area contributed by atoms with Crippen LogP contribution in [0.4, 0.5) is 0 Å². The number of likely N-dealkylation sites (N-methyl/N-ethyl adjacent to an activating group) is 2. The average Bonchev–Trinajstić information content (AvgIpc) is 2.70. The van der Waals surface area contributed by atoms with Gasteiger partial charge in [0.25, 0.3) is 0 Å². The maximum Gasteiger partial charge on any atom is 0.152 e. The molecule has 3 nitrogen and oxygen atoms in total. The Morgan fingerprint density at radius 1 is 0.684 bits per heavy atom. The van der Waals surface area contributed by atoms with Gasteiger partial charge in [0.15, 0.2) is 6.10 Å². The van der Waals surface area contributed by atoms with E-state index in [0.717, 1.165) is 45.7 Å². The van der Waals surface area contributed by atoms with E-state index >= 15 is 0 Å². The smallest absolute Gasteiger partial charge is 0.152 e. The van der Waals surface area contributed by atoms with Crippen molar-refractivity contribution in [2.24, 2.45) is 34.5 Å². The van der Waals surface area contributed by atoms with Crippen molar-refractivity contribution in [3.8, 4) is 0 Å². The molecule has 0 saturated heterocycles. The van der Waals surface area contributed by atoms with E-state index in [1.807, 2.05) is 0 Å². The number of nitrogens with zero attached hydrogens (tertiary/aromatic N) is 2. The molecule has 2 fully saturated rings. The molecule has 2 rings (SSSR count). The second-order valence-corrected chi connectivity index (χ2v) is 16.4. The molecular formula is C33H68Cl2N2O. The first kappa shape index (κ1) is 38.5. The van der Waals surface area contributed by atoms with Gasteiger partial charge in [-0.15, -0.1) is 0 Å². The van der Waals surface area contributed by atoms with Gasteiger partial charge in [-0.05, 0) is 86.9 Å². The van der Waals surface area contributed by atoms with Crippen LogP contribution in [0.1, 0.15) is 120 Å². The average molecular weight is 580 g/mol. The lowest BCUT2D eigenvalue weighted by atomic mass is 9.62. The lowest BCUT2D eigenvalue weighted by Gasteiger charge is -2.46. The van der Waals surface area contributed by atoms with E-state index in [9.17, 15) is 5.11 Å². The van der Waals surface area contributed by atoms with E-state index in [-0.39, 0.29) is 30.9 Å². The number of hydrogen-bond donors (Lipinski definition) is 1. The maximum atomic E-state index is 11.3. The second kappa shape index (κ2) is 15.1. The Morgan fingerprint density at radius 2 is 1.00 bits per heavy atom. The van der Waals surface area contributed by atoms with Gasteiger partial charge >= 0.3 is 0 Å². The molecule has 0 aromatic rings. The van der Waals surface area contributed by atoms with Crippen molar-refractivity contribution in [3.05, 3.63) is 0 Å². The Morgan fingerprint density at radius 3 is 1.29 bits per heavy atom. The zero-order chi connectivity index (χ0) is 27.5. The molecule has 230 valence electrons. The molecule has 0 spiro atoms. The van der Waals surface area contributed by atoms with Crippen LogP contribution in [0.15, 0.2) is 0 Å². The van der Waals surface area contributed by atoms with Gasteiger partial charge in [-0.25, -0.2) is 0 Å². The SMILES string of the molecule is CC1CCCC(C)(C)C1CCC(C)[N+](C)(C)CC(O)C[N+](C)(C)C(C)CCC1C(C)CCCC1(C)C.[Cl-].[Cl-]. The Labute approximate surface area is 251 Å². The third-order valence-electron chi connectivity index (χ3n) is 11.9. The van der Waals surface area contributed by atoms with E-state index in [0.29, 0.717) is 22.9 Å². The van der Waals surface area contributed by atoms with Crippen LogP contribution in [-0.4, -0.2) is 73.5 Å². The summed E-state index contributed by atoms with van der Waals surface area (Å²) in [6, 6.07) is 1.15. The molecule has 2 saturated carbocycles. The highest BCUT2D eigenvalue weighted by Crippen LogP contribution is 2.47. The first-order valence-corrected chi connectivity index (χ1v) is 15.7. The van der Waals surface area contributed by atoms with Crippen molar-refractivity contribution >= 4 is 0 Å². The third-order valence-corrected chi connectivity index (χ3v) is 11.9. The summed E-state index contributed by atoms with van der Waals surface area (Å²) in [4.78, 5) is 0. The van der Waals surface area contributed by atoms with Crippen LogP contribution in [0.25, 0.3) is 0 Å². The van der Waals surface area contributed by atoms with Crippen molar-refractivity contribution in [2.75, 3.05) is 41.3 Å². The van der Waals surface area contributed by atoms with Crippen LogP contribution in [0.5, 0.6) is 0 Å². The molecule has 38 heavy (non-hydrogen) atoms. The molecule has 1 N–H and O–H groups in total. The molecular weight excluding hydrogens is 511 g/mol. The standard InChI is InChI=1S/C33H68N2O.2ClH/c1-25-15-13-21-32(5,6)30(25)19-17-27(3)34(9,10)23-29(36)24-35(11,12)28(4)18-20-31-26(2)16-14-22-33(31,7)8;;/h25-31,36H,13-24H2,1-12H3;2*1H/q+2;;/p-2. The number of halogens is 2. The van der Waals surface area contributed by atoms with Gasteiger partial charge in [-0.2, -0.15) is 0 Å². The first-order valence-electron chi connectivity index (χ1n) is 15.7. The topological polar surface area (TPSA) is 20.2 Å². The van der Waals surface area contributed by atoms with Gasteiger partial charge in [-0.3, -0.25) is 0 Å². The zero-order valence-electron chi connectivity index (χ0n) is 27.6. The fraction of sp³-hybridized carbons (Fsp3) is 1.00. The van der Waals surface area contributed by atoms with Crippen molar-refractivity contribution in [1.29, 1.82) is 0 Å². The lowest BCUT2D eigenvalue weighted by molar-refractivity contribution is -0.936. The first-order chi connectivity index (χ1) is 16.4. The summed E-state index contributed by atoms with van der Waals surface area (Å²) < 4.78 is 1.84. The van der Waals surface area contributed by atoms with Gasteiger partial charge in [0.2, 0.25) is 0 Å². The Kier molecular flexibility index (Phi) is 15.3. The van der Waals surface area contributed by atoms with Crippen LogP contribution in [-0.2, 0) is 0 Å². The highest BCUT2D eigenvalue weighted by Gasteiger charge is 2.40. The van der Waals surface area contributed by atoms with Gasteiger partial charge in [0, 0.05) is 0 Å². The quantitative estimate of drug-likeness (QED) is 0.350. The van der Waals surface area contributed by atoms with E-state index in [2.05, 4.69) is 83.6 Å². The van der Waals surface area contributed by atoms with Gasteiger partial charge in [0.05, 0.1) is 40.3 Å². The van der Waals surface area contributed by atoms with E-state index in [1.54, 1.807) is 0 Å². The Bertz CT molecular complexity index is 622. The Balaban J connectivity index is 0.00000684. The second-order valence-electron chi connectivity index (χ2n) is 16.4. The summed E-state index contributed by atoms with van der Waals surface area (Å²) in [5.41, 5.74) is 0.965. The van der Waals surface area contributed by atoms with Gasteiger partial charge in [0.1, 0.15) is 13.1 Å². The van der Waals surface area contributed by atoms with Crippen molar-refractivity contribution < 1.29 is 38.9 Å². The van der Waals surface area contributed by atoms with Crippen LogP contribution < -0.4 is 24.8 Å². The fourth-order valence-corrected chi connectivity index (χ4v) is 8.47. The van der Waals surface area contributed by atoms with Crippen LogP contribution in [0.3, 0.4) is 0 Å². The molecule has 0 aromatic carbocycles. The van der Waals surface area contributed by atoms with Crippen molar-refractivity contribution in [2.45, 2.75) is 138 Å². The number of aliphatic hydroxyl groups excluding tert-OH is 1. The summed E-state index contributed by atoms with van der Waals surface area (Å²) in [6.45, 7) is 21.5. The molecule has 0 aliphatic heterocycles. The summed E-state index contributed by atoms with van der Waals surface area (Å²) in [5.74, 6) is 3.38. The van der Waals surface area contributed by atoms with Crippen LogP contribution in [0.2, 0.25) is 0 Å². The van der Waals surface area contributed by atoms with Crippen LogP contribution in [0, 0.1) is 34.5 Å². The minimum atomic E-state index is -0.255. The maximum absolute atomic E-state index is 11.3. The van der Waals surface area contributed by atoms with Gasteiger partial charge in [-0.1, -0.05) is 67.2 Å². The zero-order valence-corrected chi connectivity index (χ0v) is 29.1. The van der Waals surface area contributed by atoms with E-state index < -0.39 is 0 Å². The summed E-state index contributed by atoms with van der Waals surface area (Å²) in [5, 5.41) is 11.3. The summed E-state index contributed by atoms with van der Waals surface area (Å²) in [6.07, 6.45) is 13.3. The fourth-order valence-electron chi connectivity index (χ4n) is 8.47. The molecule has 0 bridgehead atoms. The Hall–Kier alpha value is 0.460. The normalized spacial score (nSPS) is 29.9. The molecule has 2 aliphatic rings. The van der Waals surface area contributed by atoms with Gasteiger partial charge < -0.3 is 38.9 Å². The highest BCUT2D eigenvalue weighted by molar-refractivity contribution is 4.88. The minimum absolute atomic E-state index is 0. The van der Waals surface area contributed by atoms with E-state index in [1.165, 1.54) is 64.2 Å². The molecule has 0 aromatic heterocycles. The predicted octanol–water partition coefficient (Wildman–Crippen LogP) is 1.77. The summed E-state index contributed by atoms with van der Waals surface area (Å²) >= 11 is 0. The molecule has 0 radical (unpaired) electrons. The number of rotatable bonds is 12.